The summed E-state index contributed by atoms with van der Waals surface area (Å²) in [6.07, 6.45) is 3.12. The van der Waals surface area contributed by atoms with Gasteiger partial charge in [0.15, 0.2) is 0 Å². The summed E-state index contributed by atoms with van der Waals surface area (Å²) in [7, 11) is 0. The minimum Gasteiger partial charge on any atom is -0.445 e. The van der Waals surface area contributed by atoms with Gasteiger partial charge in [0.05, 0.1) is 6.04 Å². The van der Waals surface area contributed by atoms with Crippen LogP contribution in [0.1, 0.15) is 52.0 Å². The van der Waals surface area contributed by atoms with Crippen LogP contribution in [0.3, 0.4) is 0 Å². The zero-order valence-electron chi connectivity index (χ0n) is 16.0. The molecule has 0 bridgehead atoms. The Bertz CT molecular complexity index is 581. The smallest absolute Gasteiger partial charge is 0.410 e. The number of hydrogen-bond acceptors (Lipinski definition) is 4. The number of carbonyl (C=O) groups excluding carboxylic acids is 2. The third-order valence-corrected chi connectivity index (χ3v) is 4.82. The van der Waals surface area contributed by atoms with Crippen molar-refractivity contribution in [3.8, 4) is 0 Å². The lowest BCUT2D eigenvalue weighted by atomic mass is 9.89. The van der Waals surface area contributed by atoms with Crippen LogP contribution < -0.4 is 11.1 Å². The van der Waals surface area contributed by atoms with Crippen LogP contribution in [0.2, 0.25) is 0 Å². The van der Waals surface area contributed by atoms with Gasteiger partial charge in [0.25, 0.3) is 0 Å². The number of carbonyl (C=O) groups is 2. The predicted molar refractivity (Wildman–Crippen MR) is 101 cm³/mol. The minimum absolute atomic E-state index is 0.0680. The van der Waals surface area contributed by atoms with E-state index < -0.39 is 6.04 Å². The highest BCUT2D eigenvalue weighted by Crippen LogP contribution is 2.25. The summed E-state index contributed by atoms with van der Waals surface area (Å²) in [6.45, 7) is 5.98. The SMILES string of the molecule is CC(N)C(=O)NC1CCC(N(C(=O)OCc2ccccc2)C(C)C)CC1. The first-order chi connectivity index (χ1) is 12.4. The molecule has 0 aromatic heterocycles. The van der Waals surface area contributed by atoms with E-state index in [-0.39, 0.29) is 36.7 Å². The molecule has 1 aromatic rings. The second kappa shape index (κ2) is 9.57. The fourth-order valence-corrected chi connectivity index (χ4v) is 3.41. The molecule has 6 heteroatoms. The number of nitrogens with zero attached hydrogens (tertiary/aromatic N) is 1. The molecular formula is C20H31N3O3. The molecule has 1 aliphatic rings. The standard InChI is InChI=1S/C20H31N3O3/c1-14(2)23(20(25)26-13-16-7-5-4-6-8-16)18-11-9-17(10-12-18)22-19(24)15(3)21/h4-8,14-15,17-18H,9-13,21H2,1-3H3,(H,22,24). The van der Waals surface area contributed by atoms with Crippen molar-refractivity contribution in [2.75, 3.05) is 0 Å². The van der Waals surface area contributed by atoms with Crippen molar-refractivity contribution in [2.45, 2.75) is 77.2 Å². The molecule has 1 fully saturated rings. The van der Waals surface area contributed by atoms with E-state index in [1.54, 1.807) is 6.92 Å². The van der Waals surface area contributed by atoms with E-state index in [1.165, 1.54) is 0 Å². The van der Waals surface area contributed by atoms with E-state index in [1.807, 2.05) is 49.1 Å². The molecule has 0 aliphatic heterocycles. The molecule has 0 spiro atoms. The second-order valence-corrected chi connectivity index (χ2v) is 7.34. The molecular weight excluding hydrogens is 330 g/mol. The first-order valence-electron chi connectivity index (χ1n) is 9.43. The van der Waals surface area contributed by atoms with E-state index in [4.69, 9.17) is 10.5 Å². The van der Waals surface area contributed by atoms with Gasteiger partial charge < -0.3 is 20.7 Å². The van der Waals surface area contributed by atoms with Crippen molar-refractivity contribution in [1.29, 1.82) is 0 Å². The Morgan fingerprint density at radius 1 is 1.15 bits per heavy atom. The zero-order valence-corrected chi connectivity index (χ0v) is 16.0. The van der Waals surface area contributed by atoms with Crippen LogP contribution in [0.25, 0.3) is 0 Å². The normalized spacial score (nSPS) is 21.1. The van der Waals surface area contributed by atoms with Crippen LogP contribution in [0, 0.1) is 0 Å². The Balaban J connectivity index is 1.87. The van der Waals surface area contributed by atoms with Gasteiger partial charge in [-0.25, -0.2) is 4.79 Å². The maximum atomic E-state index is 12.6. The fourth-order valence-electron chi connectivity index (χ4n) is 3.41. The highest BCUT2D eigenvalue weighted by Gasteiger charge is 2.32. The van der Waals surface area contributed by atoms with Crippen molar-refractivity contribution in [1.82, 2.24) is 10.2 Å². The summed E-state index contributed by atoms with van der Waals surface area (Å²) in [5.41, 5.74) is 6.59. The number of amides is 2. The summed E-state index contributed by atoms with van der Waals surface area (Å²) >= 11 is 0. The lowest BCUT2D eigenvalue weighted by molar-refractivity contribution is -0.123. The van der Waals surface area contributed by atoms with E-state index in [9.17, 15) is 9.59 Å². The van der Waals surface area contributed by atoms with E-state index in [0.29, 0.717) is 0 Å². The summed E-state index contributed by atoms with van der Waals surface area (Å²) in [5.74, 6) is -0.114. The fraction of sp³-hybridized carbons (Fsp3) is 0.600. The Labute approximate surface area is 156 Å². The Morgan fingerprint density at radius 2 is 1.77 bits per heavy atom. The van der Waals surface area contributed by atoms with Crippen molar-refractivity contribution in [3.63, 3.8) is 0 Å². The van der Waals surface area contributed by atoms with E-state index >= 15 is 0 Å². The van der Waals surface area contributed by atoms with Gasteiger partial charge in [-0.05, 0) is 52.0 Å². The summed E-state index contributed by atoms with van der Waals surface area (Å²) in [4.78, 5) is 26.2. The van der Waals surface area contributed by atoms with Gasteiger partial charge in [0.2, 0.25) is 5.91 Å². The van der Waals surface area contributed by atoms with Crippen LogP contribution in [0.5, 0.6) is 0 Å². The Morgan fingerprint density at radius 3 is 2.31 bits per heavy atom. The van der Waals surface area contributed by atoms with Crippen LogP contribution in [0.15, 0.2) is 30.3 Å². The van der Waals surface area contributed by atoms with Gasteiger partial charge in [-0.1, -0.05) is 30.3 Å². The average molecular weight is 361 g/mol. The second-order valence-electron chi connectivity index (χ2n) is 7.34. The molecule has 3 N–H and O–H groups in total. The van der Waals surface area contributed by atoms with Crippen LogP contribution in [-0.2, 0) is 16.1 Å². The number of benzene rings is 1. The molecule has 1 aliphatic carbocycles. The zero-order chi connectivity index (χ0) is 19.1. The van der Waals surface area contributed by atoms with Gasteiger partial charge in [0, 0.05) is 18.1 Å². The summed E-state index contributed by atoms with van der Waals surface area (Å²) in [5, 5.41) is 2.98. The molecule has 1 saturated carbocycles. The highest BCUT2D eigenvalue weighted by molar-refractivity contribution is 5.81. The largest absolute Gasteiger partial charge is 0.445 e. The van der Waals surface area contributed by atoms with Crippen LogP contribution in [-0.4, -0.2) is 41.1 Å². The molecule has 144 valence electrons. The molecule has 1 unspecified atom stereocenters. The van der Waals surface area contributed by atoms with Crippen molar-refractivity contribution in [2.24, 2.45) is 5.73 Å². The maximum Gasteiger partial charge on any atom is 0.410 e. The quantitative estimate of drug-likeness (QED) is 0.816. The van der Waals surface area contributed by atoms with Gasteiger partial charge >= 0.3 is 6.09 Å². The lowest BCUT2D eigenvalue weighted by Gasteiger charge is -2.38. The third-order valence-electron chi connectivity index (χ3n) is 4.82. The number of nitrogens with two attached hydrogens (primary N) is 1. The topological polar surface area (TPSA) is 84.7 Å². The molecule has 0 saturated heterocycles. The van der Waals surface area contributed by atoms with E-state index in [2.05, 4.69) is 5.32 Å². The maximum absolute atomic E-state index is 12.6. The molecule has 26 heavy (non-hydrogen) atoms. The van der Waals surface area contributed by atoms with Gasteiger partial charge in [0.1, 0.15) is 6.61 Å². The van der Waals surface area contributed by atoms with Crippen LogP contribution >= 0.6 is 0 Å². The van der Waals surface area contributed by atoms with Gasteiger partial charge in [-0.2, -0.15) is 0 Å². The number of rotatable bonds is 6. The lowest BCUT2D eigenvalue weighted by Crippen LogP contribution is -2.50. The molecule has 1 atom stereocenters. The highest BCUT2D eigenvalue weighted by atomic mass is 16.6. The van der Waals surface area contributed by atoms with Crippen molar-refractivity contribution >= 4 is 12.0 Å². The van der Waals surface area contributed by atoms with E-state index in [0.717, 1.165) is 31.2 Å². The number of ether oxygens (including phenoxy) is 1. The Kier molecular flexibility index (Phi) is 7.45. The first-order valence-corrected chi connectivity index (χ1v) is 9.43. The first kappa shape index (κ1) is 20.2. The molecule has 6 nitrogen and oxygen atoms in total. The minimum atomic E-state index is -0.493. The molecule has 2 amide bonds. The number of nitrogens with one attached hydrogen (secondary N) is 1. The monoisotopic (exact) mass is 361 g/mol. The van der Waals surface area contributed by atoms with Crippen molar-refractivity contribution in [3.05, 3.63) is 35.9 Å². The summed E-state index contributed by atoms with van der Waals surface area (Å²) < 4.78 is 5.53. The van der Waals surface area contributed by atoms with Gasteiger partial charge in [-0.3, -0.25) is 4.79 Å². The molecule has 0 heterocycles. The predicted octanol–water partition coefficient (Wildman–Crippen LogP) is 2.81. The average Bonchev–Trinajstić information content (AvgIpc) is 2.62. The third kappa shape index (κ3) is 5.73. The van der Waals surface area contributed by atoms with Crippen molar-refractivity contribution < 1.29 is 14.3 Å². The Hall–Kier alpha value is -2.08. The molecule has 2 rings (SSSR count). The number of hydrogen-bond donors (Lipinski definition) is 2. The molecule has 1 aromatic carbocycles. The van der Waals surface area contributed by atoms with Gasteiger partial charge in [-0.15, -0.1) is 0 Å². The van der Waals surface area contributed by atoms with Crippen LogP contribution in [0.4, 0.5) is 4.79 Å². The summed E-state index contributed by atoms with van der Waals surface area (Å²) in [6, 6.07) is 9.54. The molecule has 0 radical (unpaired) electrons.